The summed E-state index contributed by atoms with van der Waals surface area (Å²) in [4.78, 5) is 8.53. The summed E-state index contributed by atoms with van der Waals surface area (Å²) >= 11 is 0. The number of pyridine rings is 1. The van der Waals surface area contributed by atoms with Crippen LogP contribution in [0.25, 0.3) is 0 Å². The highest BCUT2D eigenvalue weighted by atomic mass is 15.3. The average molecular weight is 252 g/mol. The summed E-state index contributed by atoms with van der Waals surface area (Å²) in [5.74, 6) is 0.836. The Balaban J connectivity index is 2.17. The highest BCUT2D eigenvalue weighted by Gasteiger charge is 2.28. The number of fused-ring (bicyclic) bond motifs is 1. The monoisotopic (exact) mass is 252 g/mol. The van der Waals surface area contributed by atoms with E-state index < -0.39 is 0 Å². The first kappa shape index (κ1) is 11.4. The summed E-state index contributed by atoms with van der Waals surface area (Å²) in [6.45, 7) is 2.69. The molecule has 0 bridgehead atoms. The fourth-order valence-corrected chi connectivity index (χ4v) is 2.24. The molecule has 0 radical (unpaired) electrons. The van der Waals surface area contributed by atoms with Crippen LogP contribution in [0.15, 0.2) is 29.5 Å². The number of rotatable bonds is 2. The minimum Gasteiger partial charge on any atom is -0.331 e. The van der Waals surface area contributed by atoms with Crippen LogP contribution in [-0.4, -0.2) is 21.1 Å². The minimum absolute atomic E-state index is 0.222. The first-order valence-corrected chi connectivity index (χ1v) is 6.04. The van der Waals surface area contributed by atoms with E-state index in [2.05, 4.69) is 26.5 Å². The van der Waals surface area contributed by atoms with Gasteiger partial charge in [-0.3, -0.25) is 9.98 Å². The van der Waals surface area contributed by atoms with Crippen LogP contribution in [0, 0.1) is 11.3 Å². The van der Waals surface area contributed by atoms with E-state index in [0.717, 1.165) is 16.9 Å². The highest BCUT2D eigenvalue weighted by molar-refractivity contribution is 5.80. The largest absolute Gasteiger partial charge is 0.331 e. The molecule has 2 aromatic heterocycles. The maximum absolute atomic E-state index is 9.25. The van der Waals surface area contributed by atoms with Gasteiger partial charge in [-0.05, 0) is 18.6 Å². The number of aromatic nitrogens is 3. The van der Waals surface area contributed by atoms with Crippen molar-refractivity contribution in [2.75, 3.05) is 5.32 Å². The molecule has 94 valence electrons. The molecule has 0 saturated heterocycles. The zero-order valence-electron chi connectivity index (χ0n) is 10.4. The van der Waals surface area contributed by atoms with Gasteiger partial charge in [0.05, 0.1) is 11.9 Å². The molecule has 1 aliphatic rings. The van der Waals surface area contributed by atoms with Crippen molar-refractivity contribution < 1.29 is 0 Å². The second kappa shape index (κ2) is 4.53. The Morgan fingerprint density at radius 3 is 3.11 bits per heavy atom. The standard InChI is InChI=1S/C13H12N6/c1-2-19-13-11(10(6-14)18-19)12(16-8-17-13)9-4-3-5-15-7-9/h3-5,7-8,12H,2H2,1H3,(H,16,17). The number of hydrogen-bond donors (Lipinski definition) is 1. The van der Waals surface area contributed by atoms with Crippen LogP contribution in [0.3, 0.4) is 0 Å². The fourth-order valence-electron chi connectivity index (χ4n) is 2.24. The van der Waals surface area contributed by atoms with Crippen molar-refractivity contribution in [2.45, 2.75) is 19.5 Å². The number of hydrogen-bond acceptors (Lipinski definition) is 5. The van der Waals surface area contributed by atoms with E-state index in [9.17, 15) is 5.26 Å². The number of nitrogens with one attached hydrogen (secondary N) is 1. The molecule has 0 aromatic carbocycles. The molecule has 6 nitrogen and oxygen atoms in total. The van der Waals surface area contributed by atoms with Crippen LogP contribution in [0.4, 0.5) is 5.82 Å². The molecule has 0 amide bonds. The summed E-state index contributed by atoms with van der Waals surface area (Å²) in [5, 5.41) is 16.6. The summed E-state index contributed by atoms with van der Waals surface area (Å²) < 4.78 is 1.78. The van der Waals surface area contributed by atoms with Crippen LogP contribution in [-0.2, 0) is 6.54 Å². The third kappa shape index (κ3) is 1.76. The Morgan fingerprint density at radius 2 is 2.42 bits per heavy atom. The first-order chi connectivity index (χ1) is 9.35. The fraction of sp³-hybridized carbons (Fsp3) is 0.231. The number of nitrogens with zero attached hydrogens (tertiary/aromatic N) is 5. The van der Waals surface area contributed by atoms with Gasteiger partial charge in [-0.15, -0.1) is 0 Å². The molecule has 0 fully saturated rings. The molecule has 0 spiro atoms. The van der Waals surface area contributed by atoms with E-state index in [1.165, 1.54) is 0 Å². The lowest BCUT2D eigenvalue weighted by molar-refractivity contribution is 0.665. The van der Waals surface area contributed by atoms with Gasteiger partial charge in [0.1, 0.15) is 17.9 Å². The van der Waals surface area contributed by atoms with Crippen molar-refractivity contribution in [2.24, 2.45) is 4.99 Å². The van der Waals surface area contributed by atoms with E-state index in [0.29, 0.717) is 12.2 Å². The van der Waals surface area contributed by atoms with Gasteiger partial charge in [0.15, 0.2) is 5.69 Å². The summed E-state index contributed by atoms with van der Waals surface area (Å²) in [6, 6.07) is 5.74. The lowest BCUT2D eigenvalue weighted by Gasteiger charge is -2.18. The molecular formula is C13H12N6. The van der Waals surface area contributed by atoms with E-state index in [4.69, 9.17) is 0 Å². The van der Waals surface area contributed by atoms with Crippen molar-refractivity contribution >= 4 is 12.2 Å². The molecular weight excluding hydrogens is 240 g/mol. The van der Waals surface area contributed by atoms with Crippen LogP contribution in [0.1, 0.15) is 29.8 Å². The van der Waals surface area contributed by atoms with E-state index >= 15 is 0 Å². The van der Waals surface area contributed by atoms with Gasteiger partial charge >= 0.3 is 0 Å². The summed E-state index contributed by atoms with van der Waals surface area (Å²) in [6.07, 6.45) is 5.13. The molecule has 2 aromatic rings. The molecule has 1 aliphatic heterocycles. The van der Waals surface area contributed by atoms with Crippen molar-refractivity contribution in [3.8, 4) is 6.07 Å². The molecule has 3 rings (SSSR count). The van der Waals surface area contributed by atoms with Crippen LogP contribution >= 0.6 is 0 Å². The molecule has 0 saturated carbocycles. The molecule has 1 unspecified atom stereocenters. The Morgan fingerprint density at radius 1 is 1.53 bits per heavy atom. The van der Waals surface area contributed by atoms with Crippen molar-refractivity contribution in [3.63, 3.8) is 0 Å². The Bertz CT molecular complexity index is 664. The molecule has 3 heterocycles. The normalized spacial score (nSPS) is 16.5. The summed E-state index contributed by atoms with van der Waals surface area (Å²) in [5.41, 5.74) is 2.18. The van der Waals surface area contributed by atoms with E-state index in [1.807, 2.05) is 19.1 Å². The molecule has 19 heavy (non-hydrogen) atoms. The third-order valence-electron chi connectivity index (χ3n) is 3.09. The van der Waals surface area contributed by atoms with Gasteiger partial charge in [0.25, 0.3) is 0 Å². The minimum atomic E-state index is -0.222. The second-order valence-electron chi connectivity index (χ2n) is 4.15. The predicted octanol–water partition coefficient (Wildman–Crippen LogP) is 1.71. The van der Waals surface area contributed by atoms with Gasteiger partial charge in [-0.1, -0.05) is 6.07 Å². The number of aliphatic imine (C=N–C) groups is 1. The van der Waals surface area contributed by atoms with Crippen molar-refractivity contribution in [3.05, 3.63) is 41.3 Å². The lowest BCUT2D eigenvalue weighted by atomic mass is 10.00. The van der Waals surface area contributed by atoms with Gasteiger partial charge in [0.2, 0.25) is 0 Å². The molecule has 6 heteroatoms. The molecule has 0 aliphatic carbocycles. The maximum Gasteiger partial charge on any atom is 0.170 e. The maximum atomic E-state index is 9.25. The highest BCUT2D eigenvalue weighted by Crippen LogP contribution is 2.35. The lowest BCUT2D eigenvalue weighted by Crippen LogP contribution is -2.14. The predicted molar refractivity (Wildman–Crippen MR) is 70.8 cm³/mol. The van der Waals surface area contributed by atoms with Gasteiger partial charge in [0, 0.05) is 18.9 Å². The smallest absolute Gasteiger partial charge is 0.170 e. The Hall–Kier alpha value is -2.68. The Labute approximate surface area is 110 Å². The van der Waals surface area contributed by atoms with E-state index in [1.54, 1.807) is 23.4 Å². The SMILES string of the molecule is CCn1nc(C#N)c2c1NC=NC2c1cccnc1. The first-order valence-electron chi connectivity index (χ1n) is 6.04. The van der Waals surface area contributed by atoms with Gasteiger partial charge < -0.3 is 5.32 Å². The van der Waals surface area contributed by atoms with Crippen LogP contribution in [0.2, 0.25) is 0 Å². The van der Waals surface area contributed by atoms with Crippen LogP contribution < -0.4 is 5.32 Å². The molecule has 1 atom stereocenters. The topological polar surface area (TPSA) is 78.9 Å². The molecule has 1 N–H and O–H groups in total. The number of anilines is 1. The van der Waals surface area contributed by atoms with Crippen molar-refractivity contribution in [1.82, 2.24) is 14.8 Å². The van der Waals surface area contributed by atoms with Crippen LogP contribution in [0.5, 0.6) is 0 Å². The average Bonchev–Trinajstić information content (AvgIpc) is 2.86. The second-order valence-corrected chi connectivity index (χ2v) is 4.15. The Kier molecular flexibility index (Phi) is 2.72. The zero-order valence-corrected chi connectivity index (χ0v) is 10.4. The van der Waals surface area contributed by atoms with Gasteiger partial charge in [-0.25, -0.2) is 4.68 Å². The zero-order chi connectivity index (χ0) is 13.2. The van der Waals surface area contributed by atoms with E-state index in [-0.39, 0.29) is 6.04 Å². The quantitative estimate of drug-likeness (QED) is 0.882. The summed E-state index contributed by atoms with van der Waals surface area (Å²) in [7, 11) is 0. The number of nitriles is 1. The number of aryl methyl sites for hydroxylation is 1. The third-order valence-corrected chi connectivity index (χ3v) is 3.09. The van der Waals surface area contributed by atoms with Crippen molar-refractivity contribution in [1.29, 1.82) is 5.26 Å². The van der Waals surface area contributed by atoms with Gasteiger partial charge in [-0.2, -0.15) is 10.4 Å².